The molecule has 0 saturated carbocycles. The lowest BCUT2D eigenvalue weighted by molar-refractivity contribution is -0.149. The molecule has 2 aromatic rings. The van der Waals surface area contributed by atoms with E-state index in [-0.39, 0.29) is 6.61 Å². The van der Waals surface area contributed by atoms with E-state index in [0.717, 1.165) is 5.56 Å². The summed E-state index contributed by atoms with van der Waals surface area (Å²) in [6.07, 6.45) is 3.83. The monoisotopic (exact) mass is 399 g/mol. The summed E-state index contributed by atoms with van der Waals surface area (Å²) in [5.74, 6) is 0.314. The molecule has 1 amide bonds. The smallest absolute Gasteiger partial charge is 0.344 e. The fraction of sp³-hybridized carbons (Fsp3) is 0.273. The van der Waals surface area contributed by atoms with E-state index < -0.39 is 18.5 Å². The number of esters is 1. The van der Waals surface area contributed by atoms with Gasteiger partial charge in [0, 0.05) is 0 Å². The number of nitrogens with one attached hydrogen (secondary N) is 1. The van der Waals surface area contributed by atoms with Gasteiger partial charge in [0.25, 0.3) is 5.91 Å². The van der Waals surface area contributed by atoms with Crippen molar-refractivity contribution in [1.82, 2.24) is 0 Å². The highest BCUT2D eigenvalue weighted by Gasteiger charge is 2.12. The maximum Gasteiger partial charge on any atom is 0.344 e. The molecule has 0 atom stereocenters. The first-order valence-corrected chi connectivity index (χ1v) is 9.18. The van der Waals surface area contributed by atoms with Gasteiger partial charge in [0.2, 0.25) is 0 Å². The van der Waals surface area contributed by atoms with Gasteiger partial charge in [-0.2, -0.15) is 0 Å². The van der Waals surface area contributed by atoms with Gasteiger partial charge < -0.3 is 24.3 Å². The third kappa shape index (κ3) is 6.88. The van der Waals surface area contributed by atoms with Crippen LogP contribution in [-0.2, 0) is 14.3 Å². The number of hydrogen-bond acceptors (Lipinski definition) is 6. The van der Waals surface area contributed by atoms with Crippen molar-refractivity contribution in [2.45, 2.75) is 13.8 Å². The summed E-state index contributed by atoms with van der Waals surface area (Å²) in [7, 11) is 1.52. The zero-order valence-corrected chi connectivity index (χ0v) is 16.8. The van der Waals surface area contributed by atoms with Gasteiger partial charge in [-0.05, 0) is 43.7 Å². The Morgan fingerprint density at radius 1 is 1.00 bits per heavy atom. The van der Waals surface area contributed by atoms with Crippen LogP contribution in [-0.4, -0.2) is 38.8 Å². The van der Waals surface area contributed by atoms with Crippen molar-refractivity contribution in [3.05, 3.63) is 54.1 Å². The lowest BCUT2D eigenvalue weighted by atomic mass is 10.2. The van der Waals surface area contributed by atoms with Crippen molar-refractivity contribution in [3.8, 4) is 17.2 Å². The van der Waals surface area contributed by atoms with Crippen LogP contribution in [0, 0.1) is 0 Å². The second-order valence-electron chi connectivity index (χ2n) is 5.84. The molecule has 0 aliphatic rings. The quantitative estimate of drug-likeness (QED) is 0.614. The van der Waals surface area contributed by atoms with Crippen LogP contribution in [0.5, 0.6) is 17.2 Å². The lowest BCUT2D eigenvalue weighted by Crippen LogP contribution is -2.24. The molecule has 29 heavy (non-hydrogen) atoms. The molecule has 0 heterocycles. The number of para-hydroxylation sites is 2. The van der Waals surface area contributed by atoms with E-state index >= 15 is 0 Å². The van der Waals surface area contributed by atoms with Crippen molar-refractivity contribution in [3.63, 3.8) is 0 Å². The van der Waals surface area contributed by atoms with Gasteiger partial charge in [0.05, 0.1) is 19.4 Å². The Morgan fingerprint density at radius 2 is 1.79 bits per heavy atom. The van der Waals surface area contributed by atoms with Crippen LogP contribution in [0.3, 0.4) is 0 Å². The number of anilines is 1. The Morgan fingerprint density at radius 3 is 2.52 bits per heavy atom. The predicted octanol–water partition coefficient (Wildman–Crippen LogP) is 3.69. The van der Waals surface area contributed by atoms with Crippen molar-refractivity contribution in [2.75, 3.05) is 32.2 Å². The van der Waals surface area contributed by atoms with Crippen LogP contribution in [0.4, 0.5) is 5.69 Å². The number of hydrogen-bond donors (Lipinski definition) is 1. The zero-order chi connectivity index (χ0) is 21.1. The molecule has 0 aliphatic heterocycles. The van der Waals surface area contributed by atoms with Gasteiger partial charge in [-0.3, -0.25) is 4.79 Å². The van der Waals surface area contributed by atoms with Crippen LogP contribution >= 0.6 is 0 Å². The fourth-order valence-electron chi connectivity index (χ4n) is 2.46. The Kier molecular flexibility index (Phi) is 8.56. The predicted molar refractivity (Wildman–Crippen MR) is 110 cm³/mol. The van der Waals surface area contributed by atoms with E-state index in [9.17, 15) is 9.59 Å². The summed E-state index contributed by atoms with van der Waals surface area (Å²) in [5, 5.41) is 2.65. The number of rotatable bonds is 10. The minimum atomic E-state index is -0.669. The van der Waals surface area contributed by atoms with E-state index in [1.165, 1.54) is 7.11 Å². The third-order valence-corrected chi connectivity index (χ3v) is 3.72. The number of benzene rings is 2. The molecule has 0 bridgehead atoms. The Hall–Kier alpha value is -3.48. The standard InChI is InChI=1S/C22H25NO6/c1-4-8-16-11-12-19(20(13-16)26-3)28-15-22(25)29-14-21(24)23-17-9-6-7-10-18(17)27-5-2/h4,6-13H,5,14-15H2,1-3H3,(H,23,24)/b8-4+. The number of methoxy groups -OCH3 is 1. The van der Waals surface area contributed by atoms with Crippen LogP contribution in [0.15, 0.2) is 48.5 Å². The van der Waals surface area contributed by atoms with E-state index in [4.69, 9.17) is 18.9 Å². The summed E-state index contributed by atoms with van der Waals surface area (Å²) < 4.78 is 21.1. The molecule has 7 heteroatoms. The molecule has 2 aromatic carbocycles. The number of carbonyl (C=O) groups excluding carboxylic acids is 2. The van der Waals surface area contributed by atoms with E-state index in [1.54, 1.807) is 36.4 Å². The van der Waals surface area contributed by atoms with E-state index in [0.29, 0.717) is 29.5 Å². The molecule has 0 unspecified atom stereocenters. The number of carbonyl (C=O) groups is 2. The Labute approximate surface area is 170 Å². The number of ether oxygens (including phenoxy) is 4. The third-order valence-electron chi connectivity index (χ3n) is 3.72. The average molecular weight is 399 g/mol. The van der Waals surface area contributed by atoms with Gasteiger partial charge in [-0.25, -0.2) is 4.79 Å². The minimum Gasteiger partial charge on any atom is -0.493 e. The van der Waals surface area contributed by atoms with Crippen LogP contribution < -0.4 is 19.5 Å². The topological polar surface area (TPSA) is 83.1 Å². The fourth-order valence-corrected chi connectivity index (χ4v) is 2.46. The Bertz CT molecular complexity index is 862. The summed E-state index contributed by atoms with van der Waals surface area (Å²) in [5.41, 5.74) is 1.46. The molecule has 0 aromatic heterocycles. The highest BCUT2D eigenvalue weighted by atomic mass is 16.6. The van der Waals surface area contributed by atoms with Crippen LogP contribution in [0.1, 0.15) is 19.4 Å². The second-order valence-corrected chi connectivity index (χ2v) is 5.84. The van der Waals surface area contributed by atoms with E-state index in [1.807, 2.05) is 32.1 Å². The summed E-state index contributed by atoms with van der Waals surface area (Å²) in [6.45, 7) is 3.46. The van der Waals surface area contributed by atoms with Crippen LogP contribution in [0.25, 0.3) is 6.08 Å². The van der Waals surface area contributed by atoms with Crippen molar-refractivity contribution < 1.29 is 28.5 Å². The van der Waals surface area contributed by atoms with Crippen molar-refractivity contribution in [1.29, 1.82) is 0 Å². The van der Waals surface area contributed by atoms with Crippen LogP contribution in [0.2, 0.25) is 0 Å². The molecule has 0 fully saturated rings. The molecule has 0 saturated heterocycles. The summed E-state index contributed by atoms with van der Waals surface area (Å²) in [6, 6.07) is 12.4. The second kappa shape index (κ2) is 11.4. The highest BCUT2D eigenvalue weighted by Crippen LogP contribution is 2.28. The Balaban J connectivity index is 1.83. The molecular formula is C22H25NO6. The first kappa shape index (κ1) is 21.8. The summed E-state index contributed by atoms with van der Waals surface area (Å²) >= 11 is 0. The maximum atomic E-state index is 12.0. The van der Waals surface area contributed by atoms with Gasteiger partial charge in [0.1, 0.15) is 5.75 Å². The molecule has 0 spiro atoms. The first-order valence-electron chi connectivity index (χ1n) is 9.18. The molecular weight excluding hydrogens is 374 g/mol. The maximum absolute atomic E-state index is 12.0. The van der Waals surface area contributed by atoms with Crippen molar-refractivity contribution in [2.24, 2.45) is 0 Å². The number of allylic oxidation sites excluding steroid dienone is 1. The number of amides is 1. The first-order chi connectivity index (χ1) is 14.1. The van der Waals surface area contributed by atoms with Crippen molar-refractivity contribution >= 4 is 23.6 Å². The lowest BCUT2D eigenvalue weighted by Gasteiger charge is -2.12. The SMILES string of the molecule is C/C=C/c1ccc(OCC(=O)OCC(=O)Nc2ccccc2OCC)c(OC)c1. The highest BCUT2D eigenvalue weighted by molar-refractivity contribution is 5.94. The van der Waals surface area contributed by atoms with Gasteiger partial charge in [0.15, 0.2) is 24.7 Å². The minimum absolute atomic E-state index is 0.345. The molecule has 7 nitrogen and oxygen atoms in total. The summed E-state index contributed by atoms with van der Waals surface area (Å²) in [4.78, 5) is 23.9. The molecule has 2 rings (SSSR count). The van der Waals surface area contributed by atoms with Gasteiger partial charge in [-0.1, -0.05) is 30.4 Å². The zero-order valence-electron chi connectivity index (χ0n) is 16.8. The average Bonchev–Trinajstić information content (AvgIpc) is 2.73. The van der Waals surface area contributed by atoms with Gasteiger partial charge in [-0.15, -0.1) is 0 Å². The van der Waals surface area contributed by atoms with Gasteiger partial charge >= 0.3 is 5.97 Å². The molecule has 0 radical (unpaired) electrons. The molecule has 154 valence electrons. The van der Waals surface area contributed by atoms with E-state index in [2.05, 4.69) is 5.32 Å². The molecule has 1 N–H and O–H groups in total. The largest absolute Gasteiger partial charge is 0.493 e. The normalized spacial score (nSPS) is 10.4. The molecule has 0 aliphatic carbocycles.